The van der Waals surface area contributed by atoms with Crippen LogP contribution in [0.25, 0.3) is 22.2 Å². The van der Waals surface area contributed by atoms with Crippen LogP contribution < -0.4 is 10.5 Å². The molecule has 0 spiro atoms. The van der Waals surface area contributed by atoms with E-state index in [4.69, 9.17) is 42.9 Å². The van der Waals surface area contributed by atoms with E-state index in [1.807, 2.05) is 0 Å². The Morgan fingerprint density at radius 2 is 1.73 bits per heavy atom. The fourth-order valence-electron chi connectivity index (χ4n) is 6.74. The van der Waals surface area contributed by atoms with Gasteiger partial charge in [0, 0.05) is 40.2 Å². The molecule has 0 aliphatic heterocycles. The lowest BCUT2D eigenvalue weighted by Gasteiger charge is -2.52. The molecule has 1 aromatic carbocycles. The molecular formula is C32H29Cl2F3N4O4. The molecule has 3 heterocycles. The topological polar surface area (TPSA) is 113 Å². The van der Waals surface area contributed by atoms with Crippen molar-refractivity contribution >= 4 is 40.0 Å². The second-order valence-electron chi connectivity index (χ2n) is 12.5. The molecule has 4 saturated carbocycles. The van der Waals surface area contributed by atoms with Gasteiger partial charge in [-0.3, -0.25) is 9.78 Å². The van der Waals surface area contributed by atoms with Crippen LogP contribution in [0.15, 0.2) is 41.2 Å². The van der Waals surface area contributed by atoms with Crippen molar-refractivity contribution in [3.05, 3.63) is 69.3 Å². The van der Waals surface area contributed by atoms with Gasteiger partial charge in [0.25, 0.3) is 5.91 Å². The van der Waals surface area contributed by atoms with E-state index in [1.165, 1.54) is 24.5 Å². The highest BCUT2D eigenvalue weighted by Gasteiger charge is 2.50. The Morgan fingerprint density at radius 1 is 1.04 bits per heavy atom. The van der Waals surface area contributed by atoms with Gasteiger partial charge in [-0.1, -0.05) is 28.4 Å². The third-order valence-corrected chi connectivity index (χ3v) is 10.2. The molecule has 0 radical (unpaired) electrons. The van der Waals surface area contributed by atoms with Crippen molar-refractivity contribution in [1.29, 1.82) is 0 Å². The molecule has 45 heavy (non-hydrogen) atoms. The number of hydrogen-bond donors (Lipinski definition) is 1. The molecule has 4 aliphatic carbocycles. The fourth-order valence-corrected chi connectivity index (χ4v) is 7.28. The third kappa shape index (κ3) is 5.74. The van der Waals surface area contributed by atoms with Gasteiger partial charge in [0.1, 0.15) is 22.9 Å². The van der Waals surface area contributed by atoms with Gasteiger partial charge in [-0.2, -0.15) is 13.2 Å². The number of pyridine rings is 2. The minimum Gasteiger partial charge on any atom is -0.493 e. The maximum atomic E-state index is 13.8. The summed E-state index contributed by atoms with van der Waals surface area (Å²) in [7, 11) is 0. The predicted octanol–water partition coefficient (Wildman–Crippen LogP) is 8.28. The van der Waals surface area contributed by atoms with Crippen LogP contribution in [0, 0.1) is 5.41 Å². The second kappa shape index (κ2) is 11.1. The zero-order valence-corrected chi connectivity index (χ0v) is 25.6. The highest BCUT2D eigenvalue weighted by atomic mass is 35.5. The molecule has 2 bridgehead atoms. The molecule has 236 valence electrons. The monoisotopic (exact) mass is 660 g/mol. The van der Waals surface area contributed by atoms with Crippen molar-refractivity contribution in [1.82, 2.24) is 15.1 Å². The summed E-state index contributed by atoms with van der Waals surface area (Å²) in [5.74, 6) is 0.428. The molecule has 13 heteroatoms. The van der Waals surface area contributed by atoms with E-state index >= 15 is 0 Å². The van der Waals surface area contributed by atoms with Crippen LogP contribution in [0.4, 0.5) is 13.2 Å². The fraction of sp³-hybridized carbons (Fsp3) is 0.438. The highest BCUT2D eigenvalue weighted by molar-refractivity contribution is 6.38. The van der Waals surface area contributed by atoms with Crippen molar-refractivity contribution in [3.63, 3.8) is 0 Å². The van der Waals surface area contributed by atoms with Crippen LogP contribution in [0.2, 0.25) is 10.0 Å². The molecule has 4 aromatic rings. The molecule has 2 N–H and O–H groups in total. The molecule has 8 nitrogen and oxygen atoms in total. The number of alkyl halides is 3. The lowest BCUT2D eigenvalue weighted by Crippen LogP contribution is -2.49. The Balaban J connectivity index is 1.04. The molecule has 3 aromatic heterocycles. The molecule has 0 atom stereocenters. The lowest BCUT2D eigenvalue weighted by atomic mass is 9.59. The quantitative estimate of drug-likeness (QED) is 0.192. The first-order valence-corrected chi connectivity index (χ1v) is 15.6. The van der Waals surface area contributed by atoms with E-state index in [2.05, 4.69) is 15.1 Å². The first kappa shape index (κ1) is 30.3. The number of nitrogens with two attached hydrogens (primary N) is 1. The Morgan fingerprint density at radius 3 is 2.36 bits per heavy atom. The second-order valence-corrected chi connectivity index (χ2v) is 13.3. The normalized spacial score (nSPS) is 23.0. The first-order chi connectivity index (χ1) is 21.5. The van der Waals surface area contributed by atoms with Gasteiger partial charge in [0.05, 0.1) is 39.9 Å². The van der Waals surface area contributed by atoms with Crippen molar-refractivity contribution in [2.75, 3.05) is 6.61 Å². The number of halogens is 5. The number of nitrogens with zero attached hydrogens (tertiary/aromatic N) is 3. The number of rotatable bonds is 9. The Kier molecular flexibility index (Phi) is 7.49. The number of carbonyl (C=O) groups is 1. The Labute approximate surface area is 266 Å². The van der Waals surface area contributed by atoms with Gasteiger partial charge in [0.2, 0.25) is 0 Å². The molecule has 4 fully saturated rings. The van der Waals surface area contributed by atoms with E-state index in [0.29, 0.717) is 52.3 Å². The number of benzene rings is 1. The highest BCUT2D eigenvalue weighted by Crippen LogP contribution is 2.55. The summed E-state index contributed by atoms with van der Waals surface area (Å²) in [6, 6.07) is 5.02. The summed E-state index contributed by atoms with van der Waals surface area (Å²) in [6.45, 7) is 0.705. The zero-order chi connectivity index (χ0) is 31.6. The summed E-state index contributed by atoms with van der Waals surface area (Å²) >= 11 is 12.9. The summed E-state index contributed by atoms with van der Waals surface area (Å²) in [5.41, 5.74) is 5.47. The van der Waals surface area contributed by atoms with E-state index in [1.54, 1.807) is 6.07 Å². The number of hydrogen-bond acceptors (Lipinski definition) is 7. The molecule has 4 aliphatic rings. The summed E-state index contributed by atoms with van der Waals surface area (Å²) in [6.07, 6.45) is 5.55. The minimum absolute atomic E-state index is 0.0238. The van der Waals surface area contributed by atoms with Gasteiger partial charge in [-0.25, -0.2) is 4.98 Å². The van der Waals surface area contributed by atoms with Crippen LogP contribution in [0.5, 0.6) is 5.75 Å². The van der Waals surface area contributed by atoms with E-state index < -0.39 is 23.3 Å². The van der Waals surface area contributed by atoms with E-state index in [-0.39, 0.29) is 21.9 Å². The average molecular weight is 662 g/mol. The minimum atomic E-state index is -4.69. The molecule has 8 rings (SSSR count). The maximum absolute atomic E-state index is 13.8. The summed E-state index contributed by atoms with van der Waals surface area (Å²) < 4.78 is 60.1. The molecule has 1 amide bonds. The van der Waals surface area contributed by atoms with Crippen molar-refractivity contribution in [3.8, 4) is 17.0 Å². The zero-order valence-electron chi connectivity index (χ0n) is 24.1. The lowest BCUT2D eigenvalue weighted by molar-refractivity contribution is -0.150. The van der Waals surface area contributed by atoms with Gasteiger partial charge >= 0.3 is 6.18 Å². The van der Waals surface area contributed by atoms with Gasteiger partial charge in [-0.15, -0.1) is 0 Å². The number of aromatic nitrogens is 3. The maximum Gasteiger partial charge on any atom is 0.417 e. The smallest absolute Gasteiger partial charge is 0.417 e. The largest absolute Gasteiger partial charge is 0.493 e. The predicted molar refractivity (Wildman–Crippen MR) is 160 cm³/mol. The molecule has 0 unspecified atom stereocenters. The van der Waals surface area contributed by atoms with Crippen LogP contribution in [0.1, 0.15) is 84.7 Å². The van der Waals surface area contributed by atoms with Crippen LogP contribution in [0.3, 0.4) is 0 Å². The van der Waals surface area contributed by atoms with Gasteiger partial charge < -0.3 is 19.7 Å². The summed E-state index contributed by atoms with van der Waals surface area (Å²) in [5, 5.41) is 4.99. The Hall–Kier alpha value is -3.41. The SMILES string of the molecule is NC(=O)c1cc(C(F)(F)F)c2cc(OCC34CCC(OCc5c(-c6c(Cl)cncc6Cl)noc5C5CC5)(CC3)CC4)ccc2n1. The van der Waals surface area contributed by atoms with Crippen molar-refractivity contribution < 1.29 is 32.0 Å². The number of carbonyl (C=O) groups excluding carboxylic acids is 1. The third-order valence-electron chi connectivity index (χ3n) is 9.60. The summed E-state index contributed by atoms with van der Waals surface area (Å²) in [4.78, 5) is 19.6. The average Bonchev–Trinajstić information content (AvgIpc) is 3.78. The van der Waals surface area contributed by atoms with E-state index in [0.717, 1.165) is 62.7 Å². The number of ether oxygens (including phenoxy) is 2. The first-order valence-electron chi connectivity index (χ1n) is 14.8. The number of primary amides is 1. The standard InChI is InChI=1S/C32H29Cl2F3N4O4/c33-22-13-39-14-23(34)26(22)27-20(28(45-41-27)17-1-2-17)15-44-31-8-5-30(6-9-31,7-10-31)16-43-18-3-4-24-19(11-18)21(32(35,36)37)12-25(40-24)29(38)42/h3-4,11-14,17H,1-2,5-10,15-16H2,(H2,38,42). The number of fused-ring (bicyclic) bond motifs is 4. The molecular weight excluding hydrogens is 632 g/mol. The van der Waals surface area contributed by atoms with Gasteiger partial charge in [0.15, 0.2) is 0 Å². The van der Waals surface area contributed by atoms with Crippen LogP contribution in [-0.4, -0.2) is 33.2 Å². The van der Waals surface area contributed by atoms with Gasteiger partial charge in [-0.05, 0) is 75.6 Å². The van der Waals surface area contributed by atoms with Crippen molar-refractivity contribution in [2.45, 2.75) is 75.7 Å². The van der Waals surface area contributed by atoms with Crippen molar-refractivity contribution in [2.24, 2.45) is 11.1 Å². The van der Waals surface area contributed by atoms with Crippen LogP contribution in [-0.2, 0) is 17.5 Å². The van der Waals surface area contributed by atoms with Crippen LogP contribution >= 0.6 is 23.2 Å². The molecule has 0 saturated heterocycles. The number of amides is 1. The Bertz CT molecular complexity index is 1760. The van der Waals surface area contributed by atoms with E-state index in [9.17, 15) is 18.0 Å².